The molecule has 27 heavy (non-hydrogen) atoms. The molecule has 0 fully saturated rings. The van der Waals surface area contributed by atoms with Crippen LogP contribution < -0.4 is 14.8 Å². The molecule has 0 radical (unpaired) electrons. The largest absolute Gasteiger partial charge is 0.497 e. The topological polar surface area (TPSA) is 104 Å². The fraction of sp³-hybridized carbons (Fsp3) is 0.333. The van der Waals surface area contributed by atoms with Crippen LogP contribution in [0.1, 0.15) is 36.1 Å². The molecule has 3 rings (SSSR count). The van der Waals surface area contributed by atoms with E-state index in [1.165, 1.54) is 7.11 Å². The summed E-state index contributed by atoms with van der Waals surface area (Å²) in [4.78, 5) is 12.4. The fourth-order valence-corrected chi connectivity index (χ4v) is 2.65. The second kappa shape index (κ2) is 7.48. The lowest BCUT2D eigenvalue weighted by molar-refractivity contribution is 0.101. The molecule has 1 amide bonds. The molecule has 0 spiro atoms. The van der Waals surface area contributed by atoms with Crippen molar-refractivity contribution in [1.82, 2.24) is 20.0 Å². The summed E-state index contributed by atoms with van der Waals surface area (Å²) in [6, 6.07) is 7.04. The molecular weight excluding hydrogens is 350 g/mol. The lowest BCUT2D eigenvalue weighted by Crippen LogP contribution is -2.14. The second-order valence-corrected chi connectivity index (χ2v) is 6.14. The van der Waals surface area contributed by atoms with E-state index in [2.05, 4.69) is 20.6 Å². The van der Waals surface area contributed by atoms with Crippen molar-refractivity contribution < 1.29 is 18.7 Å². The zero-order chi connectivity index (χ0) is 19.6. The van der Waals surface area contributed by atoms with Gasteiger partial charge >= 0.3 is 6.01 Å². The van der Waals surface area contributed by atoms with E-state index in [0.717, 1.165) is 5.69 Å². The summed E-state index contributed by atoms with van der Waals surface area (Å²) in [6.07, 6.45) is 0. The molecule has 142 valence electrons. The van der Waals surface area contributed by atoms with E-state index in [4.69, 9.17) is 13.9 Å². The van der Waals surface area contributed by atoms with Gasteiger partial charge in [0.05, 0.1) is 19.8 Å². The summed E-state index contributed by atoms with van der Waals surface area (Å²) in [5.41, 5.74) is 1.73. The molecule has 0 aliphatic carbocycles. The van der Waals surface area contributed by atoms with Gasteiger partial charge in [-0.05, 0) is 45.0 Å². The van der Waals surface area contributed by atoms with Crippen LogP contribution in [0.3, 0.4) is 0 Å². The summed E-state index contributed by atoms with van der Waals surface area (Å²) in [5, 5.41) is 14.7. The fourth-order valence-electron chi connectivity index (χ4n) is 2.65. The van der Waals surface area contributed by atoms with Gasteiger partial charge in [-0.1, -0.05) is 5.10 Å². The van der Waals surface area contributed by atoms with Gasteiger partial charge in [-0.25, -0.2) is 0 Å². The van der Waals surface area contributed by atoms with E-state index < -0.39 is 5.91 Å². The molecule has 0 bridgehead atoms. The first-order chi connectivity index (χ1) is 12.9. The van der Waals surface area contributed by atoms with Gasteiger partial charge in [0.2, 0.25) is 0 Å². The van der Waals surface area contributed by atoms with Crippen LogP contribution in [0.2, 0.25) is 0 Å². The molecule has 1 N–H and O–H groups in total. The summed E-state index contributed by atoms with van der Waals surface area (Å²) in [5.74, 6) is 0.933. The normalized spacial score (nSPS) is 10.9. The number of benzene rings is 1. The van der Waals surface area contributed by atoms with E-state index in [9.17, 15) is 4.79 Å². The minimum absolute atomic E-state index is 0.0309. The SMILES string of the molecule is COc1ccc(OC)c(-c2nnc(NC(=O)c3cc(C)n(C(C)C)n3)o2)c1. The number of nitrogens with zero attached hydrogens (tertiary/aromatic N) is 4. The molecule has 1 aromatic carbocycles. The Balaban J connectivity index is 1.82. The van der Waals surface area contributed by atoms with Crippen LogP contribution in [-0.2, 0) is 0 Å². The Labute approximate surface area is 156 Å². The lowest BCUT2D eigenvalue weighted by Gasteiger charge is -2.07. The molecule has 0 saturated heterocycles. The molecule has 9 heteroatoms. The Morgan fingerprint density at radius 3 is 2.59 bits per heavy atom. The molecule has 0 atom stereocenters. The van der Waals surface area contributed by atoms with Crippen LogP contribution in [0.4, 0.5) is 6.01 Å². The zero-order valence-corrected chi connectivity index (χ0v) is 15.8. The van der Waals surface area contributed by atoms with Crippen LogP contribution >= 0.6 is 0 Å². The maximum Gasteiger partial charge on any atom is 0.322 e. The Bertz CT molecular complexity index is 961. The van der Waals surface area contributed by atoms with Gasteiger partial charge in [0.25, 0.3) is 11.8 Å². The molecular formula is C18H21N5O4. The molecule has 9 nitrogen and oxygen atoms in total. The predicted octanol–water partition coefficient (Wildman–Crippen LogP) is 3.09. The third-order valence-electron chi connectivity index (χ3n) is 3.93. The van der Waals surface area contributed by atoms with Crippen LogP contribution in [0.15, 0.2) is 28.7 Å². The quantitative estimate of drug-likeness (QED) is 0.710. The van der Waals surface area contributed by atoms with Crippen LogP contribution in [0, 0.1) is 6.92 Å². The highest BCUT2D eigenvalue weighted by Gasteiger charge is 2.19. The van der Waals surface area contributed by atoms with Crippen molar-refractivity contribution in [3.05, 3.63) is 35.7 Å². The van der Waals surface area contributed by atoms with Crippen LogP contribution in [-0.4, -0.2) is 40.1 Å². The number of carbonyl (C=O) groups is 1. The number of anilines is 1. The molecule has 0 saturated carbocycles. The van der Waals surface area contributed by atoms with Crippen molar-refractivity contribution in [3.8, 4) is 23.0 Å². The minimum atomic E-state index is -0.426. The van der Waals surface area contributed by atoms with Gasteiger partial charge in [0.15, 0.2) is 5.69 Å². The van der Waals surface area contributed by atoms with Gasteiger partial charge < -0.3 is 13.9 Å². The highest BCUT2D eigenvalue weighted by atomic mass is 16.5. The smallest absolute Gasteiger partial charge is 0.322 e. The van der Waals surface area contributed by atoms with Crippen molar-refractivity contribution in [2.75, 3.05) is 19.5 Å². The van der Waals surface area contributed by atoms with Crippen molar-refractivity contribution >= 4 is 11.9 Å². The van der Waals surface area contributed by atoms with E-state index >= 15 is 0 Å². The number of nitrogens with one attached hydrogen (secondary N) is 1. The zero-order valence-electron chi connectivity index (χ0n) is 15.8. The van der Waals surface area contributed by atoms with Crippen molar-refractivity contribution in [2.45, 2.75) is 26.8 Å². The monoisotopic (exact) mass is 371 g/mol. The van der Waals surface area contributed by atoms with Gasteiger partial charge in [0, 0.05) is 11.7 Å². The molecule has 2 aromatic heterocycles. The van der Waals surface area contributed by atoms with Gasteiger partial charge in [-0.2, -0.15) is 5.10 Å². The first-order valence-electron chi connectivity index (χ1n) is 8.36. The summed E-state index contributed by atoms with van der Waals surface area (Å²) in [6.45, 7) is 5.88. The van der Waals surface area contributed by atoms with Crippen LogP contribution in [0.25, 0.3) is 11.5 Å². The Hall–Kier alpha value is -3.36. The number of rotatable bonds is 6. The molecule has 0 unspecified atom stereocenters. The molecule has 3 aromatic rings. The predicted molar refractivity (Wildman–Crippen MR) is 98.1 cm³/mol. The standard InChI is InChI=1S/C18H21N5O4/c1-10(2)23-11(3)8-14(22-23)16(24)19-18-21-20-17(27-18)13-9-12(25-4)6-7-15(13)26-5/h6-10H,1-5H3,(H,19,21,24). The minimum Gasteiger partial charge on any atom is -0.497 e. The first kappa shape index (κ1) is 18.4. The van der Waals surface area contributed by atoms with Gasteiger partial charge in [0.1, 0.15) is 11.5 Å². The summed E-state index contributed by atoms with van der Waals surface area (Å²) >= 11 is 0. The Kier molecular flexibility index (Phi) is 5.11. The van der Waals surface area contributed by atoms with Crippen molar-refractivity contribution in [1.29, 1.82) is 0 Å². The number of carbonyl (C=O) groups excluding carboxylic acids is 1. The number of methoxy groups -OCH3 is 2. The maximum absolute atomic E-state index is 12.4. The number of ether oxygens (including phenoxy) is 2. The average Bonchev–Trinajstić information content (AvgIpc) is 3.27. The van der Waals surface area contributed by atoms with E-state index in [-0.39, 0.29) is 23.6 Å². The van der Waals surface area contributed by atoms with Crippen molar-refractivity contribution in [3.63, 3.8) is 0 Å². The number of hydrogen-bond donors (Lipinski definition) is 1. The van der Waals surface area contributed by atoms with E-state index in [1.54, 1.807) is 36.1 Å². The molecule has 0 aliphatic heterocycles. The van der Waals surface area contributed by atoms with E-state index in [1.807, 2.05) is 20.8 Å². The second-order valence-electron chi connectivity index (χ2n) is 6.14. The highest BCUT2D eigenvalue weighted by Crippen LogP contribution is 2.33. The molecule has 2 heterocycles. The van der Waals surface area contributed by atoms with Crippen molar-refractivity contribution in [2.24, 2.45) is 0 Å². The Morgan fingerprint density at radius 1 is 1.19 bits per heavy atom. The van der Waals surface area contributed by atoms with Gasteiger partial charge in [-0.3, -0.25) is 14.8 Å². The summed E-state index contributed by atoms with van der Waals surface area (Å²) in [7, 11) is 3.10. The Morgan fingerprint density at radius 2 is 1.96 bits per heavy atom. The number of amides is 1. The highest BCUT2D eigenvalue weighted by molar-refractivity contribution is 6.01. The number of aromatic nitrogens is 4. The first-order valence-corrected chi connectivity index (χ1v) is 8.36. The van der Waals surface area contributed by atoms with Gasteiger partial charge in [-0.15, -0.1) is 5.10 Å². The molecule has 0 aliphatic rings. The van der Waals surface area contributed by atoms with Crippen LogP contribution in [0.5, 0.6) is 11.5 Å². The summed E-state index contributed by atoms with van der Waals surface area (Å²) < 4.78 is 17.9. The number of hydrogen-bond acceptors (Lipinski definition) is 7. The third-order valence-corrected chi connectivity index (χ3v) is 3.93. The lowest BCUT2D eigenvalue weighted by atomic mass is 10.2. The average molecular weight is 371 g/mol. The number of aryl methyl sites for hydroxylation is 1. The maximum atomic E-state index is 12.4. The van der Waals surface area contributed by atoms with E-state index in [0.29, 0.717) is 17.1 Å². The third kappa shape index (κ3) is 3.76.